The lowest BCUT2D eigenvalue weighted by atomic mass is 10.8. The van der Waals surface area contributed by atoms with E-state index in [1.165, 1.54) is 10.9 Å². The van der Waals surface area contributed by atoms with Crippen LogP contribution in [-0.2, 0) is 7.05 Å². The first-order valence-electron chi connectivity index (χ1n) is 3.12. The van der Waals surface area contributed by atoms with Gasteiger partial charge >= 0.3 is 6.09 Å². The van der Waals surface area contributed by atoms with Gasteiger partial charge in [0, 0.05) is 7.05 Å². The topological polar surface area (TPSA) is 71.2 Å². The summed E-state index contributed by atoms with van der Waals surface area (Å²) in [5, 5.41) is 15.8. The zero-order chi connectivity index (χ0) is 9.14. The van der Waals surface area contributed by atoms with Crippen LogP contribution in [0.5, 0.6) is 0 Å². The van der Waals surface area contributed by atoms with Crippen molar-refractivity contribution in [1.82, 2.24) is 14.8 Å². The fraction of sp³-hybridized carbons (Fsp3) is 0.400. The smallest absolute Gasteiger partial charge is 0.414 e. The first kappa shape index (κ1) is 8.85. The van der Waals surface area contributed by atoms with E-state index in [2.05, 4.69) is 22.8 Å². The zero-order valence-electron chi connectivity index (χ0n) is 6.38. The molecule has 0 fully saturated rings. The van der Waals surface area contributed by atoms with Gasteiger partial charge in [-0.15, -0.1) is 10.2 Å². The van der Waals surface area contributed by atoms with Gasteiger partial charge in [-0.05, 0) is 0 Å². The summed E-state index contributed by atoms with van der Waals surface area (Å²) in [7, 11) is 1.66. The maximum atomic E-state index is 10.6. The summed E-state index contributed by atoms with van der Waals surface area (Å²) < 4.78 is 1.50. The molecule has 1 aromatic heterocycles. The number of carboxylic acid groups (broad SMARTS) is 1. The molecule has 7 heteroatoms. The van der Waals surface area contributed by atoms with Crippen molar-refractivity contribution >= 4 is 24.7 Å². The maximum Gasteiger partial charge on any atom is 0.414 e. The molecule has 0 atom stereocenters. The molecule has 6 nitrogen and oxygen atoms in total. The van der Waals surface area contributed by atoms with E-state index in [1.807, 2.05) is 0 Å². The predicted molar refractivity (Wildman–Crippen MR) is 45.4 cm³/mol. The average molecular weight is 188 g/mol. The van der Waals surface area contributed by atoms with Gasteiger partial charge in [0.05, 0.1) is 5.88 Å². The van der Waals surface area contributed by atoms with Crippen LogP contribution in [0.2, 0.25) is 0 Å². The Kier molecular flexibility index (Phi) is 2.54. The van der Waals surface area contributed by atoms with E-state index in [4.69, 9.17) is 5.11 Å². The highest BCUT2D eigenvalue weighted by Gasteiger charge is 2.16. The molecular weight excluding hydrogens is 180 g/mol. The van der Waals surface area contributed by atoms with E-state index in [-0.39, 0.29) is 11.8 Å². The highest BCUT2D eigenvalue weighted by atomic mass is 32.1. The van der Waals surface area contributed by atoms with Gasteiger partial charge in [0.1, 0.15) is 6.33 Å². The number of amides is 1. The molecule has 0 bridgehead atoms. The molecule has 12 heavy (non-hydrogen) atoms. The molecule has 1 amide bonds. The van der Waals surface area contributed by atoms with Gasteiger partial charge in [0.15, 0.2) is 0 Å². The number of rotatable bonds is 2. The minimum absolute atomic E-state index is 0.0574. The first-order valence-corrected chi connectivity index (χ1v) is 3.75. The van der Waals surface area contributed by atoms with Crippen LogP contribution < -0.4 is 4.90 Å². The van der Waals surface area contributed by atoms with Gasteiger partial charge < -0.3 is 9.67 Å². The Morgan fingerprint density at radius 3 is 2.92 bits per heavy atom. The van der Waals surface area contributed by atoms with Crippen molar-refractivity contribution in [3.63, 3.8) is 0 Å². The van der Waals surface area contributed by atoms with Crippen LogP contribution in [0.1, 0.15) is 0 Å². The molecule has 66 valence electrons. The van der Waals surface area contributed by atoms with E-state index < -0.39 is 6.09 Å². The summed E-state index contributed by atoms with van der Waals surface area (Å²) in [5.41, 5.74) is 0. The first-order chi connectivity index (χ1) is 5.66. The monoisotopic (exact) mass is 188 g/mol. The van der Waals surface area contributed by atoms with Crippen LogP contribution in [0.4, 0.5) is 10.7 Å². The minimum Gasteiger partial charge on any atom is -0.465 e. The second-order valence-corrected chi connectivity index (χ2v) is 2.38. The molecule has 0 radical (unpaired) electrons. The highest BCUT2D eigenvalue weighted by Crippen LogP contribution is 2.08. The fourth-order valence-corrected chi connectivity index (χ4v) is 0.978. The number of aryl methyl sites for hydroxylation is 1. The van der Waals surface area contributed by atoms with E-state index in [0.717, 1.165) is 4.90 Å². The SMILES string of the molecule is Cn1cnnc1N(CS)C(=O)O. The molecule has 1 aromatic rings. The molecule has 0 aliphatic rings. The van der Waals surface area contributed by atoms with Crippen LogP contribution >= 0.6 is 12.6 Å². The average Bonchev–Trinajstić information content (AvgIpc) is 2.38. The number of thiol groups is 1. The number of carbonyl (C=O) groups is 1. The quantitative estimate of drug-likeness (QED) is 0.513. The second-order valence-electron chi connectivity index (χ2n) is 2.09. The molecule has 0 spiro atoms. The van der Waals surface area contributed by atoms with Crippen LogP contribution in [0, 0.1) is 0 Å². The molecule has 0 aliphatic heterocycles. The molecule has 0 aromatic carbocycles. The predicted octanol–water partition coefficient (Wildman–Crippen LogP) is 0.187. The molecular formula is C5H8N4O2S. The largest absolute Gasteiger partial charge is 0.465 e. The number of anilines is 1. The Morgan fingerprint density at radius 2 is 2.58 bits per heavy atom. The fourth-order valence-electron chi connectivity index (χ4n) is 0.731. The van der Waals surface area contributed by atoms with Crippen LogP contribution in [0.25, 0.3) is 0 Å². The van der Waals surface area contributed by atoms with E-state index in [9.17, 15) is 4.79 Å². The Morgan fingerprint density at radius 1 is 1.92 bits per heavy atom. The Bertz CT molecular complexity index is 287. The minimum atomic E-state index is -1.10. The lowest BCUT2D eigenvalue weighted by Crippen LogP contribution is -2.30. The Hall–Kier alpha value is -1.24. The molecule has 1 heterocycles. The van der Waals surface area contributed by atoms with Crippen molar-refractivity contribution in [3.05, 3.63) is 6.33 Å². The highest BCUT2D eigenvalue weighted by molar-refractivity contribution is 7.80. The van der Waals surface area contributed by atoms with Gasteiger partial charge in [-0.3, -0.25) is 0 Å². The Labute approximate surface area is 74.2 Å². The van der Waals surface area contributed by atoms with E-state index >= 15 is 0 Å². The van der Waals surface area contributed by atoms with Crippen LogP contribution in [-0.4, -0.2) is 31.8 Å². The third-order valence-corrected chi connectivity index (χ3v) is 1.58. The summed E-state index contributed by atoms with van der Waals surface area (Å²) in [6, 6.07) is 0. The van der Waals surface area contributed by atoms with Crippen molar-refractivity contribution in [2.45, 2.75) is 0 Å². The number of nitrogens with zero attached hydrogens (tertiary/aromatic N) is 4. The Balaban J connectivity index is 2.94. The summed E-state index contributed by atoms with van der Waals surface area (Å²) in [6.45, 7) is 0. The number of hydrogen-bond donors (Lipinski definition) is 2. The van der Waals surface area contributed by atoms with Crippen molar-refractivity contribution in [3.8, 4) is 0 Å². The van der Waals surface area contributed by atoms with Gasteiger partial charge in [-0.2, -0.15) is 12.6 Å². The zero-order valence-corrected chi connectivity index (χ0v) is 7.27. The van der Waals surface area contributed by atoms with E-state index in [0.29, 0.717) is 0 Å². The van der Waals surface area contributed by atoms with Gasteiger partial charge in [0.2, 0.25) is 5.95 Å². The van der Waals surface area contributed by atoms with Gasteiger partial charge in [0.25, 0.3) is 0 Å². The summed E-state index contributed by atoms with van der Waals surface area (Å²) in [5.74, 6) is 0.319. The van der Waals surface area contributed by atoms with Crippen molar-refractivity contribution in [2.75, 3.05) is 10.8 Å². The third kappa shape index (κ3) is 1.50. The molecule has 1 rings (SSSR count). The standard InChI is InChI=1S/C5H8N4O2S/c1-8-2-6-7-4(8)9(3-12)5(10)11/h2,12H,3H2,1H3,(H,10,11). The number of hydrogen-bond acceptors (Lipinski definition) is 4. The maximum absolute atomic E-state index is 10.6. The molecule has 1 N–H and O–H groups in total. The molecule has 0 aliphatic carbocycles. The third-order valence-electron chi connectivity index (χ3n) is 1.30. The van der Waals surface area contributed by atoms with Crippen molar-refractivity contribution in [1.29, 1.82) is 0 Å². The van der Waals surface area contributed by atoms with Gasteiger partial charge in [-0.25, -0.2) is 9.69 Å². The molecule has 0 saturated carbocycles. The molecule has 0 saturated heterocycles. The lowest BCUT2D eigenvalue weighted by Gasteiger charge is -2.13. The van der Waals surface area contributed by atoms with Crippen LogP contribution in [0.3, 0.4) is 0 Å². The van der Waals surface area contributed by atoms with Crippen molar-refractivity contribution in [2.24, 2.45) is 7.05 Å². The van der Waals surface area contributed by atoms with Crippen LogP contribution in [0.15, 0.2) is 6.33 Å². The molecule has 0 unspecified atom stereocenters. The summed E-state index contributed by atoms with van der Waals surface area (Å²) in [4.78, 5) is 11.6. The lowest BCUT2D eigenvalue weighted by molar-refractivity contribution is 0.202. The van der Waals surface area contributed by atoms with Crippen molar-refractivity contribution < 1.29 is 9.90 Å². The van der Waals surface area contributed by atoms with Gasteiger partial charge in [-0.1, -0.05) is 0 Å². The number of aromatic nitrogens is 3. The normalized spacial score (nSPS) is 9.83. The van der Waals surface area contributed by atoms with E-state index in [1.54, 1.807) is 7.05 Å². The summed E-state index contributed by atoms with van der Waals surface area (Å²) >= 11 is 3.85. The second kappa shape index (κ2) is 3.44. The summed E-state index contributed by atoms with van der Waals surface area (Å²) in [6.07, 6.45) is 0.329.